The number of benzene rings is 1. The van der Waals surface area contributed by atoms with E-state index in [2.05, 4.69) is 5.32 Å². The molecule has 0 aliphatic carbocycles. The highest BCUT2D eigenvalue weighted by Crippen LogP contribution is 2.18. The van der Waals surface area contributed by atoms with E-state index in [0.29, 0.717) is 12.1 Å². The molecule has 0 heterocycles. The summed E-state index contributed by atoms with van der Waals surface area (Å²) in [5.74, 6) is -0.450. The van der Waals surface area contributed by atoms with Gasteiger partial charge in [0.15, 0.2) is 11.6 Å². The molecule has 1 amide bonds. The van der Waals surface area contributed by atoms with Gasteiger partial charge in [0.25, 0.3) is 0 Å². The highest BCUT2D eigenvalue weighted by molar-refractivity contribution is 5.91. The van der Waals surface area contributed by atoms with Crippen LogP contribution in [0.5, 0.6) is 5.75 Å². The van der Waals surface area contributed by atoms with Crippen LogP contribution < -0.4 is 10.1 Å². The molecule has 1 aromatic rings. The van der Waals surface area contributed by atoms with Crippen LogP contribution in [0.15, 0.2) is 24.3 Å². The molecule has 86 valence electrons. The number of nitrogens with one attached hydrogen (secondary N) is 1. The third-order valence-electron chi connectivity index (χ3n) is 1.95. The Labute approximate surface area is 93.9 Å². The molecule has 0 aromatic heterocycles. The smallest absolute Gasteiger partial charge is 0.243 e. The van der Waals surface area contributed by atoms with Crippen LogP contribution >= 0.6 is 0 Å². The van der Waals surface area contributed by atoms with Crippen molar-refractivity contribution >= 4 is 12.0 Å². The third kappa shape index (κ3) is 3.38. The summed E-state index contributed by atoms with van der Waals surface area (Å²) < 4.78 is 18.0. The maximum absolute atomic E-state index is 13.3. The lowest BCUT2D eigenvalue weighted by Crippen LogP contribution is -2.19. The van der Waals surface area contributed by atoms with Crippen molar-refractivity contribution in [1.82, 2.24) is 5.32 Å². The van der Waals surface area contributed by atoms with Gasteiger partial charge in [-0.15, -0.1) is 0 Å². The molecule has 1 rings (SSSR count). The summed E-state index contributed by atoms with van der Waals surface area (Å²) in [6.45, 7) is 2.40. The average molecular weight is 223 g/mol. The van der Waals surface area contributed by atoms with E-state index in [1.165, 1.54) is 25.3 Å². The largest absolute Gasteiger partial charge is 0.494 e. The molecule has 0 bridgehead atoms. The van der Waals surface area contributed by atoms with E-state index in [4.69, 9.17) is 4.74 Å². The lowest BCUT2D eigenvalue weighted by molar-refractivity contribution is -0.116. The second-order valence-corrected chi connectivity index (χ2v) is 3.12. The zero-order chi connectivity index (χ0) is 12.0. The molecule has 0 aliphatic heterocycles. The number of carbonyl (C=O) groups is 1. The van der Waals surface area contributed by atoms with Crippen LogP contribution in [0.1, 0.15) is 12.5 Å². The Balaban J connectivity index is 2.75. The second-order valence-electron chi connectivity index (χ2n) is 3.12. The first-order valence-electron chi connectivity index (χ1n) is 4.96. The lowest BCUT2D eigenvalue weighted by atomic mass is 10.2. The van der Waals surface area contributed by atoms with Gasteiger partial charge >= 0.3 is 0 Å². The van der Waals surface area contributed by atoms with Gasteiger partial charge in [0.1, 0.15) is 0 Å². The summed E-state index contributed by atoms with van der Waals surface area (Å²) in [6.07, 6.45) is 2.91. The van der Waals surface area contributed by atoms with Gasteiger partial charge in [0.05, 0.1) is 7.11 Å². The summed E-state index contributed by atoms with van der Waals surface area (Å²) in [5, 5.41) is 2.61. The van der Waals surface area contributed by atoms with E-state index in [0.717, 1.165) is 0 Å². The Hall–Kier alpha value is -1.84. The molecule has 0 unspecified atom stereocenters. The van der Waals surface area contributed by atoms with Gasteiger partial charge in [0.2, 0.25) is 5.91 Å². The fourth-order valence-corrected chi connectivity index (χ4v) is 1.19. The second kappa shape index (κ2) is 5.90. The normalized spacial score (nSPS) is 10.4. The number of methoxy groups -OCH3 is 1. The van der Waals surface area contributed by atoms with Crippen LogP contribution in [-0.2, 0) is 4.79 Å². The van der Waals surface area contributed by atoms with Crippen LogP contribution in [0.2, 0.25) is 0 Å². The summed E-state index contributed by atoms with van der Waals surface area (Å²) in [5.41, 5.74) is 0.615. The number of halogens is 1. The van der Waals surface area contributed by atoms with Gasteiger partial charge in [-0.1, -0.05) is 6.07 Å². The van der Waals surface area contributed by atoms with E-state index in [1.807, 2.05) is 6.92 Å². The molecule has 3 nitrogen and oxygen atoms in total. The molecule has 0 radical (unpaired) electrons. The molecule has 0 fully saturated rings. The molecule has 0 atom stereocenters. The van der Waals surface area contributed by atoms with Crippen LogP contribution in [-0.4, -0.2) is 19.6 Å². The zero-order valence-electron chi connectivity index (χ0n) is 9.29. The molecule has 4 heteroatoms. The number of amides is 1. The number of rotatable bonds is 4. The van der Waals surface area contributed by atoms with E-state index in [9.17, 15) is 9.18 Å². The summed E-state index contributed by atoms with van der Waals surface area (Å²) >= 11 is 0. The number of hydrogen-bond donors (Lipinski definition) is 1. The maximum atomic E-state index is 13.3. The van der Waals surface area contributed by atoms with Gasteiger partial charge in [-0.3, -0.25) is 4.79 Å². The van der Waals surface area contributed by atoms with Crippen molar-refractivity contribution < 1.29 is 13.9 Å². The fourth-order valence-electron chi connectivity index (χ4n) is 1.19. The van der Waals surface area contributed by atoms with Gasteiger partial charge in [-0.05, 0) is 30.7 Å². The van der Waals surface area contributed by atoms with E-state index in [-0.39, 0.29) is 11.7 Å². The molecule has 0 saturated heterocycles. The Morgan fingerprint density at radius 3 is 2.88 bits per heavy atom. The van der Waals surface area contributed by atoms with Crippen molar-refractivity contribution in [2.75, 3.05) is 13.7 Å². The predicted molar refractivity (Wildman–Crippen MR) is 60.7 cm³/mol. The molecule has 0 aliphatic rings. The van der Waals surface area contributed by atoms with Crippen molar-refractivity contribution in [2.45, 2.75) is 6.92 Å². The zero-order valence-corrected chi connectivity index (χ0v) is 9.29. The van der Waals surface area contributed by atoms with Gasteiger partial charge in [-0.2, -0.15) is 0 Å². The Morgan fingerprint density at radius 1 is 1.56 bits per heavy atom. The molecule has 1 aromatic carbocycles. The first-order chi connectivity index (χ1) is 7.67. The van der Waals surface area contributed by atoms with Crippen LogP contribution in [0, 0.1) is 5.82 Å². The predicted octanol–water partition coefficient (Wildman–Crippen LogP) is 1.98. The van der Waals surface area contributed by atoms with Crippen LogP contribution in [0.3, 0.4) is 0 Å². The Kier molecular flexibility index (Phi) is 4.51. The number of ether oxygens (including phenoxy) is 1. The highest BCUT2D eigenvalue weighted by Gasteiger charge is 2.01. The molecule has 0 saturated carbocycles. The minimum Gasteiger partial charge on any atom is -0.494 e. The quantitative estimate of drug-likeness (QED) is 0.793. The highest BCUT2D eigenvalue weighted by atomic mass is 19.1. The number of likely N-dealkylation sites (N-methyl/N-ethyl adjacent to an activating group) is 1. The Morgan fingerprint density at radius 2 is 2.31 bits per heavy atom. The standard InChI is InChI=1S/C12H14FNO2/c1-3-14-12(15)7-5-9-4-6-11(16-2)10(13)8-9/h4-8H,3H2,1-2H3,(H,14,15). The van der Waals surface area contributed by atoms with Crippen molar-refractivity contribution in [2.24, 2.45) is 0 Å². The topological polar surface area (TPSA) is 38.3 Å². The molecular formula is C12H14FNO2. The lowest BCUT2D eigenvalue weighted by Gasteiger charge is -2.01. The van der Waals surface area contributed by atoms with Crippen molar-refractivity contribution in [3.05, 3.63) is 35.7 Å². The first kappa shape index (κ1) is 12.2. The molecule has 0 spiro atoms. The number of hydrogen-bond acceptors (Lipinski definition) is 2. The van der Waals surface area contributed by atoms with Crippen LogP contribution in [0.4, 0.5) is 4.39 Å². The Bertz CT molecular complexity index is 402. The number of carbonyl (C=O) groups excluding carboxylic acids is 1. The average Bonchev–Trinajstić information content (AvgIpc) is 2.27. The summed E-state index contributed by atoms with van der Waals surface area (Å²) in [7, 11) is 1.41. The molecule has 1 N–H and O–H groups in total. The maximum Gasteiger partial charge on any atom is 0.243 e. The van der Waals surface area contributed by atoms with Crippen LogP contribution in [0.25, 0.3) is 6.08 Å². The molecular weight excluding hydrogens is 209 g/mol. The van der Waals surface area contributed by atoms with Crippen molar-refractivity contribution in [3.8, 4) is 5.75 Å². The third-order valence-corrected chi connectivity index (χ3v) is 1.95. The van der Waals surface area contributed by atoms with Gasteiger partial charge in [0, 0.05) is 12.6 Å². The minimum absolute atomic E-state index is 0.190. The fraction of sp³-hybridized carbons (Fsp3) is 0.250. The summed E-state index contributed by atoms with van der Waals surface area (Å²) in [6, 6.07) is 4.51. The monoisotopic (exact) mass is 223 g/mol. The van der Waals surface area contributed by atoms with E-state index >= 15 is 0 Å². The van der Waals surface area contributed by atoms with Gasteiger partial charge < -0.3 is 10.1 Å². The first-order valence-corrected chi connectivity index (χ1v) is 4.96. The van der Waals surface area contributed by atoms with Crippen molar-refractivity contribution in [3.63, 3.8) is 0 Å². The van der Waals surface area contributed by atoms with Crippen molar-refractivity contribution in [1.29, 1.82) is 0 Å². The van der Waals surface area contributed by atoms with E-state index < -0.39 is 5.82 Å². The summed E-state index contributed by atoms with van der Waals surface area (Å²) in [4.78, 5) is 11.1. The van der Waals surface area contributed by atoms with E-state index in [1.54, 1.807) is 12.1 Å². The molecule has 16 heavy (non-hydrogen) atoms. The van der Waals surface area contributed by atoms with Gasteiger partial charge in [-0.25, -0.2) is 4.39 Å². The SMILES string of the molecule is CCNC(=O)C=Cc1ccc(OC)c(F)c1. The minimum atomic E-state index is -0.444.